The molecule has 0 aromatic heterocycles. The molecule has 1 aliphatic heterocycles. The summed E-state index contributed by atoms with van der Waals surface area (Å²) in [5.41, 5.74) is 3.09. The third-order valence-corrected chi connectivity index (χ3v) is 6.32. The fourth-order valence-electron chi connectivity index (χ4n) is 4.46. The minimum atomic E-state index is -0.247. The molecule has 1 amide bonds. The second-order valence-corrected chi connectivity index (χ2v) is 8.25. The number of rotatable bonds is 7. The predicted octanol–water partition coefficient (Wildman–Crippen LogP) is 5.21. The average Bonchev–Trinajstić information content (AvgIpc) is 2.83. The Bertz CT molecular complexity index is 928. The summed E-state index contributed by atoms with van der Waals surface area (Å²) in [6, 6.07) is 27.0. The topological polar surface area (TPSA) is 38.3 Å². The molecule has 1 fully saturated rings. The first-order chi connectivity index (χ1) is 15.2. The van der Waals surface area contributed by atoms with Crippen LogP contribution in [0.2, 0.25) is 0 Å². The van der Waals surface area contributed by atoms with Crippen molar-refractivity contribution in [3.63, 3.8) is 0 Å². The largest absolute Gasteiger partial charge is 0.381 e. The van der Waals surface area contributed by atoms with Crippen LogP contribution >= 0.6 is 0 Å². The maximum absolute atomic E-state index is 13.5. The Hall–Kier alpha value is -2.98. The van der Waals surface area contributed by atoms with Gasteiger partial charge in [0.15, 0.2) is 0 Å². The van der Waals surface area contributed by atoms with E-state index in [1.165, 1.54) is 12.1 Å². The molecule has 1 heterocycles. The van der Waals surface area contributed by atoms with Gasteiger partial charge in [-0.15, -0.1) is 0 Å². The van der Waals surface area contributed by atoms with E-state index < -0.39 is 0 Å². The van der Waals surface area contributed by atoms with Gasteiger partial charge in [0.2, 0.25) is 5.91 Å². The van der Waals surface area contributed by atoms with E-state index >= 15 is 0 Å². The van der Waals surface area contributed by atoms with Crippen molar-refractivity contribution in [2.75, 3.05) is 19.8 Å². The van der Waals surface area contributed by atoms with Crippen LogP contribution in [0.25, 0.3) is 0 Å². The average molecular weight is 418 g/mol. The first-order valence-corrected chi connectivity index (χ1v) is 10.9. The van der Waals surface area contributed by atoms with E-state index in [2.05, 4.69) is 29.6 Å². The van der Waals surface area contributed by atoms with Crippen LogP contribution in [0.5, 0.6) is 0 Å². The number of halogens is 1. The van der Waals surface area contributed by atoms with Gasteiger partial charge in [0, 0.05) is 37.5 Å². The molecule has 1 saturated heterocycles. The lowest BCUT2D eigenvalue weighted by Gasteiger charge is -2.38. The minimum absolute atomic E-state index is 0.00106. The van der Waals surface area contributed by atoms with Crippen LogP contribution < -0.4 is 5.32 Å². The summed E-state index contributed by atoms with van der Waals surface area (Å²) >= 11 is 0. The Labute approximate surface area is 183 Å². The summed E-state index contributed by atoms with van der Waals surface area (Å²) in [6.07, 6.45) is 1.99. The summed E-state index contributed by atoms with van der Waals surface area (Å²) in [7, 11) is 0. The molecule has 3 nitrogen and oxygen atoms in total. The van der Waals surface area contributed by atoms with Crippen LogP contribution in [-0.4, -0.2) is 25.7 Å². The van der Waals surface area contributed by atoms with E-state index in [0.29, 0.717) is 26.2 Å². The molecule has 0 aliphatic carbocycles. The number of carbonyl (C=O) groups is 1. The van der Waals surface area contributed by atoms with Crippen LogP contribution in [0, 0.1) is 5.82 Å². The lowest BCUT2D eigenvalue weighted by Crippen LogP contribution is -2.44. The van der Waals surface area contributed by atoms with Crippen molar-refractivity contribution in [1.82, 2.24) is 5.32 Å². The number of hydrogen-bond acceptors (Lipinski definition) is 2. The quantitative estimate of drug-likeness (QED) is 0.573. The predicted molar refractivity (Wildman–Crippen MR) is 120 cm³/mol. The molecule has 0 spiro atoms. The zero-order valence-electron chi connectivity index (χ0n) is 17.6. The van der Waals surface area contributed by atoms with Gasteiger partial charge in [0.1, 0.15) is 5.82 Å². The summed E-state index contributed by atoms with van der Waals surface area (Å²) in [5, 5.41) is 3.19. The maximum Gasteiger partial charge on any atom is 0.220 e. The normalized spacial score (nSPS) is 15.5. The first-order valence-electron chi connectivity index (χ1n) is 10.9. The Morgan fingerprint density at radius 3 is 1.97 bits per heavy atom. The van der Waals surface area contributed by atoms with Gasteiger partial charge in [0.25, 0.3) is 0 Å². The zero-order valence-corrected chi connectivity index (χ0v) is 17.6. The fraction of sp³-hybridized carbons (Fsp3) is 0.296. The van der Waals surface area contributed by atoms with Gasteiger partial charge in [0.05, 0.1) is 0 Å². The number of amides is 1. The lowest BCUT2D eigenvalue weighted by molar-refractivity contribution is -0.121. The van der Waals surface area contributed by atoms with Gasteiger partial charge in [-0.25, -0.2) is 4.39 Å². The third kappa shape index (κ3) is 5.20. The van der Waals surface area contributed by atoms with Crippen LogP contribution in [0.1, 0.15) is 41.9 Å². The van der Waals surface area contributed by atoms with Crippen LogP contribution in [-0.2, 0) is 14.9 Å². The number of carbonyl (C=O) groups excluding carboxylic acids is 1. The Kier molecular flexibility index (Phi) is 6.78. The Balaban J connectivity index is 1.50. The van der Waals surface area contributed by atoms with Gasteiger partial charge < -0.3 is 10.1 Å². The van der Waals surface area contributed by atoms with Gasteiger partial charge in [-0.05, 0) is 41.7 Å². The van der Waals surface area contributed by atoms with Crippen molar-refractivity contribution in [1.29, 1.82) is 0 Å². The molecule has 31 heavy (non-hydrogen) atoms. The minimum Gasteiger partial charge on any atom is -0.381 e. The maximum atomic E-state index is 13.5. The van der Waals surface area contributed by atoms with Crippen LogP contribution in [0.4, 0.5) is 4.39 Å². The zero-order chi connectivity index (χ0) is 21.5. The van der Waals surface area contributed by atoms with Crippen molar-refractivity contribution in [2.24, 2.45) is 0 Å². The van der Waals surface area contributed by atoms with Crippen molar-refractivity contribution in [3.8, 4) is 0 Å². The van der Waals surface area contributed by atoms with Gasteiger partial charge in [-0.3, -0.25) is 4.79 Å². The molecule has 1 aliphatic rings. The molecule has 0 bridgehead atoms. The molecule has 160 valence electrons. The van der Waals surface area contributed by atoms with Crippen LogP contribution in [0.3, 0.4) is 0 Å². The third-order valence-electron chi connectivity index (χ3n) is 6.32. The summed E-state index contributed by atoms with van der Waals surface area (Å²) < 4.78 is 19.0. The van der Waals surface area contributed by atoms with Crippen LogP contribution in [0.15, 0.2) is 84.9 Å². The van der Waals surface area contributed by atoms with Crippen molar-refractivity contribution >= 4 is 5.91 Å². The molecule has 3 aromatic rings. The fourth-order valence-corrected chi connectivity index (χ4v) is 4.46. The molecule has 0 unspecified atom stereocenters. The smallest absolute Gasteiger partial charge is 0.220 e. The second kappa shape index (κ2) is 9.88. The monoisotopic (exact) mass is 417 g/mol. The van der Waals surface area contributed by atoms with E-state index in [1.807, 2.05) is 48.5 Å². The highest BCUT2D eigenvalue weighted by atomic mass is 19.1. The highest BCUT2D eigenvalue weighted by Crippen LogP contribution is 2.35. The van der Waals surface area contributed by atoms with E-state index in [0.717, 1.165) is 29.5 Å². The van der Waals surface area contributed by atoms with Gasteiger partial charge in [-0.2, -0.15) is 0 Å². The van der Waals surface area contributed by atoms with E-state index in [1.54, 1.807) is 0 Å². The van der Waals surface area contributed by atoms with Crippen molar-refractivity contribution < 1.29 is 13.9 Å². The number of hydrogen-bond donors (Lipinski definition) is 1. The standard InChI is InChI=1S/C27H28FNO2/c28-24-13-11-23(12-14-24)27(15-17-31-18-16-27)20-29-26(30)19-25(21-7-3-1-4-8-21)22-9-5-2-6-10-22/h1-14,25H,15-20H2,(H,29,30). The summed E-state index contributed by atoms with van der Waals surface area (Å²) in [5.74, 6) is -0.229. The summed E-state index contributed by atoms with van der Waals surface area (Å²) in [6.45, 7) is 1.81. The molecular formula is C27H28FNO2. The Morgan fingerprint density at radius 2 is 1.42 bits per heavy atom. The molecule has 0 saturated carbocycles. The van der Waals surface area contributed by atoms with Gasteiger partial charge in [-0.1, -0.05) is 72.8 Å². The molecule has 3 aromatic carbocycles. The summed E-state index contributed by atoms with van der Waals surface area (Å²) in [4.78, 5) is 13.1. The molecule has 4 rings (SSSR count). The number of benzene rings is 3. The highest BCUT2D eigenvalue weighted by molar-refractivity contribution is 5.77. The van der Waals surface area contributed by atoms with Crippen molar-refractivity contribution in [3.05, 3.63) is 107 Å². The Morgan fingerprint density at radius 1 is 0.871 bits per heavy atom. The van der Waals surface area contributed by atoms with E-state index in [-0.39, 0.29) is 23.1 Å². The lowest BCUT2D eigenvalue weighted by atomic mass is 9.74. The number of nitrogens with one attached hydrogen (secondary N) is 1. The molecular weight excluding hydrogens is 389 g/mol. The number of ether oxygens (including phenoxy) is 1. The van der Waals surface area contributed by atoms with E-state index in [9.17, 15) is 9.18 Å². The first kappa shape index (κ1) is 21.3. The van der Waals surface area contributed by atoms with Gasteiger partial charge >= 0.3 is 0 Å². The molecule has 1 N–H and O–H groups in total. The highest BCUT2D eigenvalue weighted by Gasteiger charge is 2.35. The second-order valence-electron chi connectivity index (χ2n) is 8.25. The van der Waals surface area contributed by atoms with Crippen molar-refractivity contribution in [2.45, 2.75) is 30.6 Å². The van der Waals surface area contributed by atoms with E-state index in [4.69, 9.17) is 4.74 Å². The molecule has 0 atom stereocenters. The molecule has 0 radical (unpaired) electrons. The SMILES string of the molecule is O=C(CC(c1ccccc1)c1ccccc1)NCC1(c2ccc(F)cc2)CCOCC1. The molecule has 4 heteroatoms.